The second-order valence-corrected chi connectivity index (χ2v) is 6.16. The first-order chi connectivity index (χ1) is 9.99. The van der Waals surface area contributed by atoms with Gasteiger partial charge in [0.1, 0.15) is 4.88 Å². The standard InChI is InChI=1S/C16H17NO3S/c1-10(2)14(11-6-4-3-5-7-11)17-15(18)12-8-9-13(21-12)16(19)20/h3-10,14H,1-2H3,(H,17,18)(H,19,20). The Morgan fingerprint density at radius 3 is 2.19 bits per heavy atom. The molecule has 2 rings (SSSR count). The van der Waals surface area contributed by atoms with Crippen molar-refractivity contribution in [1.82, 2.24) is 5.32 Å². The molecule has 0 radical (unpaired) electrons. The Bertz CT molecular complexity index is 634. The van der Waals surface area contributed by atoms with E-state index < -0.39 is 5.97 Å². The Morgan fingerprint density at radius 2 is 1.67 bits per heavy atom. The van der Waals surface area contributed by atoms with Gasteiger partial charge in [0.25, 0.3) is 5.91 Å². The van der Waals surface area contributed by atoms with Gasteiger partial charge in [0.2, 0.25) is 0 Å². The summed E-state index contributed by atoms with van der Waals surface area (Å²) in [7, 11) is 0. The number of carboxylic acids is 1. The van der Waals surface area contributed by atoms with Crippen molar-refractivity contribution >= 4 is 23.2 Å². The zero-order valence-electron chi connectivity index (χ0n) is 11.9. The normalized spacial score (nSPS) is 12.1. The van der Waals surface area contributed by atoms with Crippen LogP contribution in [0.25, 0.3) is 0 Å². The Kier molecular flexibility index (Phi) is 4.75. The van der Waals surface area contributed by atoms with E-state index in [-0.39, 0.29) is 22.7 Å². The molecule has 110 valence electrons. The van der Waals surface area contributed by atoms with Crippen LogP contribution in [0, 0.1) is 5.92 Å². The van der Waals surface area contributed by atoms with Crippen LogP contribution in [-0.4, -0.2) is 17.0 Å². The molecule has 0 fully saturated rings. The fourth-order valence-electron chi connectivity index (χ4n) is 2.08. The average Bonchev–Trinajstić information content (AvgIpc) is 2.95. The molecule has 1 aromatic carbocycles. The number of carboxylic acid groups (broad SMARTS) is 1. The third-order valence-corrected chi connectivity index (χ3v) is 4.22. The lowest BCUT2D eigenvalue weighted by atomic mass is 9.96. The lowest BCUT2D eigenvalue weighted by molar-refractivity contribution is 0.0702. The van der Waals surface area contributed by atoms with E-state index in [0.29, 0.717) is 4.88 Å². The smallest absolute Gasteiger partial charge is 0.345 e. The van der Waals surface area contributed by atoms with Crippen molar-refractivity contribution < 1.29 is 14.7 Å². The van der Waals surface area contributed by atoms with Crippen molar-refractivity contribution in [3.8, 4) is 0 Å². The van der Waals surface area contributed by atoms with Gasteiger partial charge in [0.15, 0.2) is 0 Å². The number of thiophene rings is 1. The Labute approximate surface area is 127 Å². The molecule has 0 spiro atoms. The summed E-state index contributed by atoms with van der Waals surface area (Å²) in [4.78, 5) is 23.7. The zero-order chi connectivity index (χ0) is 15.4. The van der Waals surface area contributed by atoms with E-state index in [2.05, 4.69) is 5.32 Å². The molecule has 21 heavy (non-hydrogen) atoms. The number of nitrogens with one attached hydrogen (secondary N) is 1. The monoisotopic (exact) mass is 303 g/mol. The molecule has 2 aromatic rings. The topological polar surface area (TPSA) is 66.4 Å². The third kappa shape index (κ3) is 3.70. The van der Waals surface area contributed by atoms with E-state index >= 15 is 0 Å². The lowest BCUT2D eigenvalue weighted by Crippen LogP contribution is -2.31. The van der Waals surface area contributed by atoms with Gasteiger partial charge in [-0.2, -0.15) is 0 Å². The quantitative estimate of drug-likeness (QED) is 0.887. The Balaban J connectivity index is 2.17. The zero-order valence-corrected chi connectivity index (χ0v) is 12.7. The molecule has 2 N–H and O–H groups in total. The first kappa shape index (κ1) is 15.3. The summed E-state index contributed by atoms with van der Waals surface area (Å²) in [6.07, 6.45) is 0. The average molecular weight is 303 g/mol. The first-order valence-corrected chi connectivity index (χ1v) is 7.49. The molecule has 5 heteroatoms. The highest BCUT2D eigenvalue weighted by molar-refractivity contribution is 7.15. The van der Waals surface area contributed by atoms with E-state index in [1.54, 1.807) is 6.07 Å². The molecule has 1 atom stereocenters. The van der Waals surface area contributed by atoms with E-state index in [9.17, 15) is 9.59 Å². The summed E-state index contributed by atoms with van der Waals surface area (Å²) < 4.78 is 0. The van der Waals surface area contributed by atoms with Gasteiger partial charge in [-0.05, 0) is 23.6 Å². The van der Waals surface area contributed by atoms with Crippen LogP contribution in [0.2, 0.25) is 0 Å². The molecule has 0 aliphatic rings. The van der Waals surface area contributed by atoms with Crippen LogP contribution in [0.4, 0.5) is 0 Å². The maximum absolute atomic E-state index is 12.3. The van der Waals surface area contributed by atoms with Gasteiger partial charge in [0, 0.05) is 0 Å². The third-order valence-electron chi connectivity index (χ3n) is 3.15. The molecule has 0 aliphatic heterocycles. The molecular formula is C16H17NO3S. The first-order valence-electron chi connectivity index (χ1n) is 6.68. The second kappa shape index (κ2) is 6.54. The SMILES string of the molecule is CC(C)C(NC(=O)c1ccc(C(=O)O)s1)c1ccccc1. The van der Waals surface area contributed by atoms with Crippen LogP contribution in [-0.2, 0) is 0 Å². The minimum Gasteiger partial charge on any atom is -0.477 e. The van der Waals surface area contributed by atoms with E-state index in [4.69, 9.17) is 5.11 Å². The summed E-state index contributed by atoms with van der Waals surface area (Å²) in [5.41, 5.74) is 1.04. The number of rotatable bonds is 5. The molecule has 0 aliphatic carbocycles. The number of carbonyl (C=O) groups excluding carboxylic acids is 1. The van der Waals surface area contributed by atoms with Crippen molar-refractivity contribution in [2.24, 2.45) is 5.92 Å². The highest BCUT2D eigenvalue weighted by atomic mass is 32.1. The largest absolute Gasteiger partial charge is 0.477 e. The highest BCUT2D eigenvalue weighted by Crippen LogP contribution is 2.23. The minimum atomic E-state index is -1.01. The molecule has 1 heterocycles. The number of carbonyl (C=O) groups is 2. The fourth-order valence-corrected chi connectivity index (χ4v) is 2.83. The summed E-state index contributed by atoms with van der Waals surface area (Å²) in [6, 6.07) is 12.6. The van der Waals surface area contributed by atoms with E-state index in [1.165, 1.54) is 6.07 Å². The molecule has 1 unspecified atom stereocenters. The predicted octanol–water partition coefficient (Wildman–Crippen LogP) is 3.57. The van der Waals surface area contributed by atoms with Gasteiger partial charge in [-0.15, -0.1) is 11.3 Å². The predicted molar refractivity (Wildman–Crippen MR) is 82.8 cm³/mol. The second-order valence-electron chi connectivity index (χ2n) is 5.07. The maximum Gasteiger partial charge on any atom is 0.345 e. The number of hydrogen-bond donors (Lipinski definition) is 2. The van der Waals surface area contributed by atoms with Gasteiger partial charge in [-0.1, -0.05) is 44.2 Å². The van der Waals surface area contributed by atoms with Gasteiger partial charge in [-0.3, -0.25) is 4.79 Å². The summed E-state index contributed by atoms with van der Waals surface area (Å²) in [5.74, 6) is -1.02. The van der Waals surface area contributed by atoms with Crippen LogP contribution in [0.15, 0.2) is 42.5 Å². The maximum atomic E-state index is 12.3. The van der Waals surface area contributed by atoms with Crippen LogP contribution in [0.5, 0.6) is 0 Å². The van der Waals surface area contributed by atoms with E-state index in [1.807, 2.05) is 44.2 Å². The van der Waals surface area contributed by atoms with Crippen LogP contribution in [0.1, 0.15) is 44.8 Å². The molecule has 0 saturated carbocycles. The molecule has 0 bridgehead atoms. The minimum absolute atomic E-state index is 0.103. The summed E-state index contributed by atoms with van der Waals surface area (Å²) in [5, 5.41) is 11.9. The molecule has 4 nitrogen and oxygen atoms in total. The van der Waals surface area contributed by atoms with Gasteiger partial charge in [-0.25, -0.2) is 4.79 Å². The van der Waals surface area contributed by atoms with Gasteiger partial charge in [0.05, 0.1) is 10.9 Å². The molecule has 1 amide bonds. The van der Waals surface area contributed by atoms with Crippen molar-refractivity contribution in [3.63, 3.8) is 0 Å². The van der Waals surface area contributed by atoms with Crippen LogP contribution < -0.4 is 5.32 Å². The highest BCUT2D eigenvalue weighted by Gasteiger charge is 2.20. The van der Waals surface area contributed by atoms with Crippen molar-refractivity contribution in [2.45, 2.75) is 19.9 Å². The van der Waals surface area contributed by atoms with Crippen molar-refractivity contribution in [1.29, 1.82) is 0 Å². The van der Waals surface area contributed by atoms with Crippen LogP contribution >= 0.6 is 11.3 Å². The van der Waals surface area contributed by atoms with Crippen molar-refractivity contribution in [3.05, 3.63) is 57.8 Å². The number of hydrogen-bond acceptors (Lipinski definition) is 3. The lowest BCUT2D eigenvalue weighted by Gasteiger charge is -2.22. The Morgan fingerprint density at radius 1 is 1.05 bits per heavy atom. The Hall–Kier alpha value is -2.14. The number of aromatic carboxylic acids is 1. The van der Waals surface area contributed by atoms with Crippen LogP contribution in [0.3, 0.4) is 0 Å². The van der Waals surface area contributed by atoms with Gasteiger partial charge < -0.3 is 10.4 Å². The van der Waals surface area contributed by atoms with Crippen molar-refractivity contribution in [2.75, 3.05) is 0 Å². The van der Waals surface area contributed by atoms with Gasteiger partial charge >= 0.3 is 5.97 Å². The molecule has 1 aromatic heterocycles. The summed E-state index contributed by atoms with van der Waals surface area (Å²) >= 11 is 0.986. The summed E-state index contributed by atoms with van der Waals surface area (Å²) in [6.45, 7) is 4.07. The molecule has 0 saturated heterocycles. The fraction of sp³-hybridized carbons (Fsp3) is 0.250. The number of amides is 1. The van der Waals surface area contributed by atoms with E-state index in [0.717, 1.165) is 16.9 Å². The number of benzene rings is 1. The molecular weight excluding hydrogens is 286 g/mol.